The minimum atomic E-state index is 0. The molecular weight excluding hydrogens is 179 g/mol. The quantitative estimate of drug-likeness (QED) is 0.440. The molecular formula is C8H15ClTi. The Balaban J connectivity index is -0.0000000167. The maximum Gasteiger partial charge on any atom is 4.00 e. The van der Waals surface area contributed by atoms with Crippen LogP contribution in [-0.4, -0.2) is 0 Å². The fourth-order valence-corrected chi connectivity index (χ4v) is 0.321. The molecule has 0 bridgehead atoms. The van der Waals surface area contributed by atoms with Gasteiger partial charge in [0.25, 0.3) is 0 Å². The molecule has 0 aliphatic heterocycles. The van der Waals surface area contributed by atoms with Gasteiger partial charge in [0, 0.05) is 0 Å². The van der Waals surface area contributed by atoms with Crippen LogP contribution in [0.15, 0.2) is 30.3 Å². The molecule has 1 rings (SSSR count). The summed E-state index contributed by atoms with van der Waals surface area (Å²) in [6.45, 7) is 0. The molecule has 0 saturated heterocycles. The van der Waals surface area contributed by atoms with Crippen LogP contribution in [0.25, 0.3) is 0 Å². The molecule has 0 nitrogen and oxygen atoms in total. The Labute approximate surface area is 86.7 Å². The van der Waals surface area contributed by atoms with Gasteiger partial charge in [-0.05, 0) is 0 Å². The van der Waals surface area contributed by atoms with Gasteiger partial charge >= 0.3 is 21.7 Å². The minimum absolute atomic E-state index is 0. The van der Waals surface area contributed by atoms with Crippen molar-refractivity contribution in [2.24, 2.45) is 0 Å². The van der Waals surface area contributed by atoms with E-state index >= 15 is 0 Å². The van der Waals surface area contributed by atoms with Crippen molar-refractivity contribution in [1.29, 1.82) is 0 Å². The first kappa shape index (κ1) is 31.6. The Bertz CT molecular complexity index is 65.7. The second-order valence-corrected chi connectivity index (χ2v) is 0.962. The third-order valence-electron chi connectivity index (χ3n) is 0.556. The molecule has 0 radical (unpaired) electrons. The maximum atomic E-state index is 2.00. The second-order valence-electron chi connectivity index (χ2n) is 0.962. The van der Waals surface area contributed by atoms with Gasteiger partial charge in [0.1, 0.15) is 0 Å². The summed E-state index contributed by atoms with van der Waals surface area (Å²) in [7, 11) is 0. The topological polar surface area (TPSA) is 0 Å². The fourth-order valence-electron chi connectivity index (χ4n) is 0.321. The number of hydrogen-bond donors (Lipinski definition) is 0. The molecule has 1 aromatic rings. The summed E-state index contributed by atoms with van der Waals surface area (Å²) in [6.07, 6.45) is 0. The molecule has 0 atom stereocenters. The van der Waals surface area contributed by atoms with Crippen LogP contribution in [0.2, 0.25) is 0 Å². The summed E-state index contributed by atoms with van der Waals surface area (Å²) in [5.41, 5.74) is 0. The third kappa shape index (κ3) is 15.8. The summed E-state index contributed by atoms with van der Waals surface area (Å²) in [6, 6.07) is 10.0. The molecule has 0 heterocycles. The average molecular weight is 195 g/mol. The van der Waals surface area contributed by atoms with Crippen molar-refractivity contribution >= 4 is 12.4 Å². The van der Waals surface area contributed by atoms with Gasteiger partial charge in [0.2, 0.25) is 0 Å². The molecule has 0 spiro atoms. The summed E-state index contributed by atoms with van der Waals surface area (Å²) in [5, 5.41) is 0. The standard InChI is InChI=1S/C5H5.3CH3.ClH.Ti/c1-2-4-5-3-1;;;;;/h1-5H;3*1H3;1H;/q4*-1;;+4. The molecule has 0 aliphatic rings. The van der Waals surface area contributed by atoms with Gasteiger partial charge in [0.15, 0.2) is 0 Å². The second kappa shape index (κ2) is 22.8. The van der Waals surface area contributed by atoms with Crippen molar-refractivity contribution in [3.8, 4) is 0 Å². The van der Waals surface area contributed by atoms with E-state index in [1.807, 2.05) is 30.3 Å². The van der Waals surface area contributed by atoms with Crippen molar-refractivity contribution in [3.63, 3.8) is 0 Å². The zero-order valence-electron chi connectivity index (χ0n) is 6.79. The largest absolute Gasteiger partial charge is 4.00 e. The van der Waals surface area contributed by atoms with Crippen LogP contribution in [0.5, 0.6) is 0 Å². The van der Waals surface area contributed by atoms with E-state index in [-0.39, 0.29) is 56.4 Å². The number of rotatable bonds is 0. The van der Waals surface area contributed by atoms with Crippen LogP contribution >= 0.6 is 12.4 Å². The SMILES string of the molecule is Cl.[CH3-].[CH3-].[CH3-].[Ti+4].c1cc[cH-]c1. The van der Waals surface area contributed by atoms with E-state index in [1.54, 1.807) is 0 Å². The van der Waals surface area contributed by atoms with Gasteiger partial charge in [-0.3, -0.25) is 0 Å². The Hall–Kier alpha value is 0.354. The Kier molecular flexibility index (Phi) is 72.0. The number of hydrogen-bond acceptors (Lipinski definition) is 0. The predicted molar refractivity (Wildman–Crippen MR) is 48.5 cm³/mol. The van der Waals surface area contributed by atoms with Crippen molar-refractivity contribution in [2.75, 3.05) is 0 Å². The Morgan fingerprint density at radius 1 is 0.800 bits per heavy atom. The zero-order valence-corrected chi connectivity index (χ0v) is 9.17. The van der Waals surface area contributed by atoms with E-state index in [1.165, 1.54) is 0 Å². The van der Waals surface area contributed by atoms with Crippen LogP contribution in [0.3, 0.4) is 0 Å². The van der Waals surface area contributed by atoms with Crippen molar-refractivity contribution in [2.45, 2.75) is 0 Å². The van der Waals surface area contributed by atoms with E-state index in [9.17, 15) is 0 Å². The fraction of sp³-hybridized carbons (Fsp3) is 0. The molecule has 0 saturated carbocycles. The molecule has 0 aromatic heterocycles. The van der Waals surface area contributed by atoms with Gasteiger partial charge in [-0.15, -0.1) is 12.4 Å². The van der Waals surface area contributed by atoms with E-state index in [4.69, 9.17) is 0 Å². The first-order valence-corrected chi connectivity index (χ1v) is 1.67. The molecule has 1 aromatic carbocycles. The molecule has 58 valence electrons. The van der Waals surface area contributed by atoms with Crippen LogP contribution in [-0.2, 0) is 21.7 Å². The molecule has 0 fully saturated rings. The van der Waals surface area contributed by atoms with Gasteiger partial charge in [0.05, 0.1) is 0 Å². The van der Waals surface area contributed by atoms with Crippen LogP contribution in [0.4, 0.5) is 0 Å². The van der Waals surface area contributed by atoms with Crippen LogP contribution < -0.4 is 0 Å². The molecule has 0 N–H and O–H groups in total. The maximum absolute atomic E-state index is 2.00. The minimum Gasteiger partial charge on any atom is -0.358 e. The van der Waals surface area contributed by atoms with Gasteiger partial charge in [-0.25, -0.2) is 12.1 Å². The van der Waals surface area contributed by atoms with Crippen molar-refractivity contribution in [1.82, 2.24) is 0 Å². The van der Waals surface area contributed by atoms with Crippen molar-refractivity contribution in [3.05, 3.63) is 52.6 Å². The normalized spacial score (nSPS) is 4.00. The van der Waals surface area contributed by atoms with E-state index < -0.39 is 0 Å². The average Bonchev–Trinajstić information content (AvgIpc) is 1.76. The number of halogens is 1. The molecule has 0 amide bonds. The summed E-state index contributed by atoms with van der Waals surface area (Å²) >= 11 is 0. The molecule has 0 unspecified atom stereocenters. The summed E-state index contributed by atoms with van der Waals surface area (Å²) < 4.78 is 0. The molecule has 2 heteroatoms. The summed E-state index contributed by atoms with van der Waals surface area (Å²) in [5.74, 6) is 0. The molecule has 10 heavy (non-hydrogen) atoms. The van der Waals surface area contributed by atoms with E-state index in [0.29, 0.717) is 0 Å². The van der Waals surface area contributed by atoms with Crippen LogP contribution in [0, 0.1) is 22.3 Å². The van der Waals surface area contributed by atoms with E-state index in [2.05, 4.69) is 0 Å². The Morgan fingerprint density at radius 2 is 1.10 bits per heavy atom. The first-order valence-electron chi connectivity index (χ1n) is 1.67. The van der Waals surface area contributed by atoms with Gasteiger partial charge in [-0.2, -0.15) is 18.2 Å². The van der Waals surface area contributed by atoms with Crippen molar-refractivity contribution < 1.29 is 21.7 Å². The Morgan fingerprint density at radius 3 is 1.20 bits per heavy atom. The third-order valence-corrected chi connectivity index (χ3v) is 0.556. The zero-order chi connectivity index (χ0) is 3.54. The molecule has 0 aliphatic carbocycles. The first-order chi connectivity index (χ1) is 2.50. The van der Waals surface area contributed by atoms with Crippen LogP contribution in [0.1, 0.15) is 0 Å². The predicted octanol–water partition coefficient (Wildman–Crippen LogP) is 3.18. The summed E-state index contributed by atoms with van der Waals surface area (Å²) in [4.78, 5) is 0. The van der Waals surface area contributed by atoms with Gasteiger partial charge < -0.3 is 22.3 Å². The van der Waals surface area contributed by atoms with Gasteiger partial charge in [-0.1, -0.05) is 0 Å². The monoisotopic (exact) mass is 194 g/mol. The van der Waals surface area contributed by atoms with E-state index in [0.717, 1.165) is 0 Å². The smallest absolute Gasteiger partial charge is 0.358 e.